The Kier molecular flexibility index (Phi) is 8.00. The lowest BCUT2D eigenvalue weighted by Crippen LogP contribution is -2.44. The van der Waals surface area contributed by atoms with Crippen molar-refractivity contribution in [2.75, 3.05) is 6.54 Å². The highest BCUT2D eigenvalue weighted by atomic mass is 16.5. The van der Waals surface area contributed by atoms with Gasteiger partial charge in [-0.2, -0.15) is 0 Å². The maximum atomic E-state index is 13.3. The lowest BCUT2D eigenvalue weighted by atomic mass is 9.95. The normalized spacial score (nSPS) is 14.0. The van der Waals surface area contributed by atoms with Crippen LogP contribution in [0.5, 0.6) is 0 Å². The highest BCUT2D eigenvalue weighted by Gasteiger charge is 2.22. The van der Waals surface area contributed by atoms with Gasteiger partial charge in [0.15, 0.2) is 0 Å². The van der Waals surface area contributed by atoms with Crippen LogP contribution >= 0.6 is 0 Å². The minimum Gasteiger partial charge on any atom is -0.352 e. The Morgan fingerprint density at radius 2 is 1.59 bits per heavy atom. The Hall–Kier alpha value is -3.19. The highest BCUT2D eigenvalue weighted by Crippen LogP contribution is 2.18. The van der Waals surface area contributed by atoms with Crippen molar-refractivity contribution in [2.45, 2.75) is 58.5 Å². The second-order valence-corrected chi connectivity index (χ2v) is 8.50. The number of hydrogen-bond donors (Lipinski definition) is 3. The van der Waals surface area contributed by atoms with E-state index in [-0.39, 0.29) is 30.9 Å². The molecule has 1 fully saturated rings. The minimum absolute atomic E-state index is 0.0405. The molecule has 0 atom stereocenters. The summed E-state index contributed by atoms with van der Waals surface area (Å²) in [5.74, 6) is -0.985. The summed E-state index contributed by atoms with van der Waals surface area (Å²) >= 11 is 0. The molecule has 170 valence electrons. The average Bonchev–Trinajstić information content (AvgIpc) is 2.80. The van der Waals surface area contributed by atoms with Crippen LogP contribution in [0.25, 0.3) is 0 Å². The molecule has 7 nitrogen and oxygen atoms in total. The number of aryl methyl sites for hydroxylation is 2. The van der Waals surface area contributed by atoms with E-state index in [9.17, 15) is 14.4 Å². The number of carbonyl (C=O) groups is 3. The lowest BCUT2D eigenvalue weighted by molar-refractivity contribution is -0.122. The van der Waals surface area contributed by atoms with E-state index in [1.54, 1.807) is 35.8 Å². The van der Waals surface area contributed by atoms with Crippen LogP contribution in [-0.4, -0.2) is 40.4 Å². The maximum absolute atomic E-state index is 13.3. The Bertz CT molecular complexity index is 966. The molecule has 3 N–H and O–H groups in total. The van der Waals surface area contributed by atoms with E-state index in [1.807, 2.05) is 26.0 Å². The molecule has 3 amide bonds. The lowest BCUT2D eigenvalue weighted by Gasteiger charge is -2.26. The van der Waals surface area contributed by atoms with E-state index in [0.717, 1.165) is 42.4 Å². The van der Waals surface area contributed by atoms with Gasteiger partial charge in [-0.1, -0.05) is 37.5 Å². The number of hydroxylamine groups is 1. The van der Waals surface area contributed by atoms with Crippen molar-refractivity contribution in [1.29, 1.82) is 0 Å². The molecule has 0 saturated heterocycles. The first-order chi connectivity index (χ1) is 15.4. The first kappa shape index (κ1) is 23.5. The van der Waals surface area contributed by atoms with Crippen LogP contribution in [0, 0.1) is 13.8 Å². The molecule has 1 saturated carbocycles. The third-order valence-electron chi connectivity index (χ3n) is 6.04. The van der Waals surface area contributed by atoms with E-state index in [0.29, 0.717) is 11.1 Å². The van der Waals surface area contributed by atoms with Gasteiger partial charge in [0.2, 0.25) is 5.91 Å². The summed E-state index contributed by atoms with van der Waals surface area (Å²) in [6, 6.07) is 12.3. The summed E-state index contributed by atoms with van der Waals surface area (Å²) in [5, 5.41) is 11.9. The number of nitrogens with one attached hydrogen (secondary N) is 2. The first-order valence-electron chi connectivity index (χ1n) is 11.1. The second-order valence-electron chi connectivity index (χ2n) is 8.50. The smallest absolute Gasteiger partial charge is 0.274 e. The van der Waals surface area contributed by atoms with Crippen LogP contribution in [-0.2, 0) is 11.3 Å². The second kappa shape index (κ2) is 10.9. The maximum Gasteiger partial charge on any atom is 0.274 e. The van der Waals surface area contributed by atoms with E-state index in [1.165, 1.54) is 11.3 Å². The van der Waals surface area contributed by atoms with Crippen molar-refractivity contribution in [3.63, 3.8) is 0 Å². The van der Waals surface area contributed by atoms with Crippen LogP contribution in [0.15, 0.2) is 42.5 Å². The molecule has 32 heavy (non-hydrogen) atoms. The molecule has 0 heterocycles. The number of carbonyl (C=O) groups excluding carboxylic acids is 3. The van der Waals surface area contributed by atoms with Gasteiger partial charge >= 0.3 is 0 Å². The average molecular weight is 438 g/mol. The molecule has 1 aliphatic carbocycles. The standard InChI is InChI=1S/C25H31N3O4/c1-17-8-11-21(14-18(17)2)25(31)28(16-23(29)26-22-6-4-3-5-7-22)15-19-9-12-20(13-10-19)24(30)27-32/h8-14,22,32H,3-7,15-16H2,1-2H3,(H,26,29)(H,27,30). The van der Waals surface area contributed by atoms with Crippen molar-refractivity contribution in [1.82, 2.24) is 15.7 Å². The van der Waals surface area contributed by atoms with Crippen molar-refractivity contribution in [3.8, 4) is 0 Å². The van der Waals surface area contributed by atoms with Gasteiger partial charge in [-0.3, -0.25) is 19.6 Å². The summed E-state index contributed by atoms with van der Waals surface area (Å²) < 4.78 is 0. The van der Waals surface area contributed by atoms with Crippen molar-refractivity contribution < 1.29 is 19.6 Å². The number of nitrogens with zero attached hydrogens (tertiary/aromatic N) is 1. The van der Waals surface area contributed by atoms with E-state index in [4.69, 9.17) is 5.21 Å². The number of rotatable bonds is 7. The predicted molar refractivity (Wildman–Crippen MR) is 121 cm³/mol. The number of benzene rings is 2. The molecule has 0 bridgehead atoms. The molecule has 0 unspecified atom stereocenters. The highest BCUT2D eigenvalue weighted by molar-refractivity contribution is 5.97. The molecule has 0 radical (unpaired) electrons. The summed E-state index contributed by atoms with van der Waals surface area (Å²) in [6.07, 6.45) is 5.39. The largest absolute Gasteiger partial charge is 0.352 e. The quantitative estimate of drug-likeness (QED) is 0.456. The first-order valence-corrected chi connectivity index (χ1v) is 11.1. The van der Waals surface area contributed by atoms with Gasteiger partial charge in [0, 0.05) is 23.7 Å². The third-order valence-corrected chi connectivity index (χ3v) is 6.04. The van der Waals surface area contributed by atoms with Gasteiger partial charge in [0.05, 0.1) is 0 Å². The minimum atomic E-state index is -0.605. The molecule has 2 aromatic rings. The molecule has 0 spiro atoms. The Labute approximate surface area is 188 Å². The van der Waals surface area contributed by atoms with Crippen LogP contribution in [0.3, 0.4) is 0 Å². The van der Waals surface area contributed by atoms with Gasteiger partial charge in [-0.05, 0) is 67.6 Å². The van der Waals surface area contributed by atoms with Crippen LogP contribution < -0.4 is 10.8 Å². The monoisotopic (exact) mass is 437 g/mol. The zero-order valence-electron chi connectivity index (χ0n) is 18.7. The van der Waals surface area contributed by atoms with Gasteiger partial charge < -0.3 is 10.2 Å². The Morgan fingerprint density at radius 3 is 2.22 bits per heavy atom. The van der Waals surface area contributed by atoms with Crippen molar-refractivity contribution in [3.05, 3.63) is 70.3 Å². The molecule has 0 aromatic heterocycles. The van der Waals surface area contributed by atoms with E-state index in [2.05, 4.69) is 5.32 Å². The van der Waals surface area contributed by atoms with E-state index >= 15 is 0 Å². The SMILES string of the molecule is Cc1ccc(C(=O)N(CC(=O)NC2CCCCC2)Cc2ccc(C(=O)NO)cc2)cc1C. The van der Waals surface area contributed by atoms with Crippen molar-refractivity contribution in [2.24, 2.45) is 0 Å². The van der Waals surface area contributed by atoms with Gasteiger partial charge in [-0.15, -0.1) is 0 Å². The molecule has 0 aliphatic heterocycles. The fourth-order valence-corrected chi connectivity index (χ4v) is 4.00. The van der Waals surface area contributed by atoms with Crippen molar-refractivity contribution >= 4 is 17.7 Å². The summed E-state index contributed by atoms with van der Waals surface area (Å²) in [4.78, 5) is 39.2. The van der Waals surface area contributed by atoms with Gasteiger partial charge in [0.25, 0.3) is 11.8 Å². The zero-order chi connectivity index (χ0) is 23.1. The molecule has 1 aliphatic rings. The molecule has 3 rings (SSSR count). The molecule has 2 aromatic carbocycles. The van der Waals surface area contributed by atoms with Gasteiger partial charge in [-0.25, -0.2) is 5.48 Å². The topological polar surface area (TPSA) is 98.7 Å². The number of hydrogen-bond acceptors (Lipinski definition) is 4. The summed E-state index contributed by atoms with van der Waals surface area (Å²) in [5.41, 5.74) is 5.33. The Morgan fingerprint density at radius 1 is 0.938 bits per heavy atom. The van der Waals surface area contributed by atoms with Crippen LogP contribution in [0.4, 0.5) is 0 Å². The predicted octanol–water partition coefficient (Wildman–Crippen LogP) is 3.51. The molecular weight excluding hydrogens is 406 g/mol. The van der Waals surface area contributed by atoms with Crippen LogP contribution in [0.2, 0.25) is 0 Å². The number of amides is 3. The zero-order valence-corrected chi connectivity index (χ0v) is 18.7. The fourth-order valence-electron chi connectivity index (χ4n) is 4.00. The third kappa shape index (κ3) is 6.17. The molecule has 7 heteroatoms. The van der Waals surface area contributed by atoms with Gasteiger partial charge in [0.1, 0.15) is 6.54 Å². The fraction of sp³-hybridized carbons (Fsp3) is 0.400. The Balaban J connectivity index is 1.77. The summed E-state index contributed by atoms with van der Waals surface area (Å²) in [7, 11) is 0. The van der Waals surface area contributed by atoms with Crippen LogP contribution in [0.1, 0.15) is 69.5 Å². The summed E-state index contributed by atoms with van der Waals surface area (Å²) in [6.45, 7) is 4.13. The molecular formula is C25H31N3O4. The van der Waals surface area contributed by atoms with E-state index < -0.39 is 5.91 Å².